The predicted molar refractivity (Wildman–Crippen MR) is 99.3 cm³/mol. The number of benzene rings is 2. The van der Waals surface area contributed by atoms with E-state index < -0.39 is 0 Å². The van der Waals surface area contributed by atoms with Crippen LogP contribution in [0.15, 0.2) is 53.3 Å². The third-order valence-corrected chi connectivity index (χ3v) is 4.05. The third kappa shape index (κ3) is 3.88. The molecule has 3 aromatic rings. The van der Waals surface area contributed by atoms with Gasteiger partial charge in [0.2, 0.25) is 5.56 Å². The number of para-hydroxylation sites is 1. The molecule has 1 aromatic heterocycles. The van der Waals surface area contributed by atoms with E-state index in [9.17, 15) is 9.59 Å². The zero-order valence-electron chi connectivity index (χ0n) is 14.3. The fourth-order valence-corrected chi connectivity index (χ4v) is 2.76. The number of nitrogens with one attached hydrogen (secondary N) is 2. The molecular weight excluding hydrogens is 316 g/mol. The molecule has 5 heteroatoms. The molecule has 128 valence electrons. The highest BCUT2D eigenvalue weighted by Gasteiger charge is 2.07. The number of hydrogen-bond donors (Lipinski definition) is 2. The molecule has 0 fully saturated rings. The molecule has 0 bridgehead atoms. The van der Waals surface area contributed by atoms with E-state index in [0.717, 1.165) is 22.9 Å². The molecule has 0 saturated carbocycles. The molecule has 5 nitrogen and oxygen atoms in total. The van der Waals surface area contributed by atoms with Crippen molar-refractivity contribution in [2.45, 2.75) is 20.3 Å². The maximum absolute atomic E-state index is 12.1. The SMILES string of the molecule is CCc1cc(=O)[nH]c2cc(NC(=O)COc3ccccc3C)ccc12. The summed E-state index contributed by atoms with van der Waals surface area (Å²) in [6.45, 7) is 3.86. The summed E-state index contributed by atoms with van der Waals surface area (Å²) in [7, 11) is 0. The largest absolute Gasteiger partial charge is 0.483 e. The molecule has 0 aliphatic carbocycles. The normalized spacial score (nSPS) is 10.6. The molecule has 0 atom stereocenters. The van der Waals surface area contributed by atoms with Crippen LogP contribution in [0.2, 0.25) is 0 Å². The number of fused-ring (bicyclic) bond motifs is 1. The minimum Gasteiger partial charge on any atom is -0.483 e. The van der Waals surface area contributed by atoms with Crippen LogP contribution in [0.1, 0.15) is 18.1 Å². The molecular formula is C20H20N2O3. The van der Waals surface area contributed by atoms with Gasteiger partial charge in [-0.25, -0.2) is 0 Å². The zero-order chi connectivity index (χ0) is 17.8. The van der Waals surface area contributed by atoms with Crippen molar-refractivity contribution < 1.29 is 9.53 Å². The van der Waals surface area contributed by atoms with Crippen molar-refractivity contribution in [1.29, 1.82) is 0 Å². The van der Waals surface area contributed by atoms with E-state index >= 15 is 0 Å². The first-order valence-corrected chi connectivity index (χ1v) is 8.21. The van der Waals surface area contributed by atoms with Crippen LogP contribution in [-0.2, 0) is 11.2 Å². The minimum absolute atomic E-state index is 0.0750. The Bertz CT molecular complexity index is 976. The summed E-state index contributed by atoms with van der Waals surface area (Å²) in [5.41, 5.74) is 3.15. The van der Waals surface area contributed by atoms with E-state index in [1.54, 1.807) is 12.1 Å². The highest BCUT2D eigenvalue weighted by atomic mass is 16.5. The second-order valence-corrected chi connectivity index (χ2v) is 5.88. The fraction of sp³-hybridized carbons (Fsp3) is 0.200. The lowest BCUT2D eigenvalue weighted by atomic mass is 10.1. The van der Waals surface area contributed by atoms with Crippen LogP contribution in [0, 0.1) is 6.92 Å². The molecule has 2 aromatic carbocycles. The van der Waals surface area contributed by atoms with Crippen molar-refractivity contribution >= 4 is 22.5 Å². The summed E-state index contributed by atoms with van der Waals surface area (Å²) < 4.78 is 5.54. The highest BCUT2D eigenvalue weighted by Crippen LogP contribution is 2.20. The van der Waals surface area contributed by atoms with Gasteiger partial charge < -0.3 is 15.0 Å². The van der Waals surface area contributed by atoms with Gasteiger partial charge in [0.1, 0.15) is 5.75 Å². The van der Waals surface area contributed by atoms with Gasteiger partial charge in [0.25, 0.3) is 5.91 Å². The molecule has 2 N–H and O–H groups in total. The Balaban J connectivity index is 1.73. The average molecular weight is 336 g/mol. The Morgan fingerprint density at radius 2 is 1.96 bits per heavy atom. The van der Waals surface area contributed by atoms with Crippen LogP contribution < -0.4 is 15.6 Å². The van der Waals surface area contributed by atoms with Gasteiger partial charge in [0.05, 0.1) is 5.52 Å². The van der Waals surface area contributed by atoms with E-state index in [4.69, 9.17) is 4.74 Å². The second-order valence-electron chi connectivity index (χ2n) is 5.88. The van der Waals surface area contributed by atoms with Crippen LogP contribution in [0.5, 0.6) is 5.75 Å². The predicted octanol–water partition coefficient (Wildman–Crippen LogP) is 3.42. The van der Waals surface area contributed by atoms with E-state index in [2.05, 4.69) is 10.3 Å². The van der Waals surface area contributed by atoms with Crippen LogP contribution >= 0.6 is 0 Å². The van der Waals surface area contributed by atoms with Gasteiger partial charge in [-0.1, -0.05) is 31.2 Å². The number of aromatic nitrogens is 1. The number of H-pyrrole nitrogens is 1. The number of carbonyl (C=O) groups is 1. The van der Waals surface area contributed by atoms with Crippen molar-refractivity contribution in [3.05, 3.63) is 70.0 Å². The van der Waals surface area contributed by atoms with Crippen LogP contribution in [0.25, 0.3) is 10.9 Å². The first kappa shape index (κ1) is 16.8. The van der Waals surface area contributed by atoms with Gasteiger partial charge >= 0.3 is 0 Å². The van der Waals surface area contributed by atoms with Crippen LogP contribution in [-0.4, -0.2) is 17.5 Å². The van der Waals surface area contributed by atoms with Crippen molar-refractivity contribution in [3.63, 3.8) is 0 Å². The summed E-state index contributed by atoms with van der Waals surface area (Å²) in [6.07, 6.45) is 0.774. The van der Waals surface area contributed by atoms with E-state index in [0.29, 0.717) is 17.0 Å². The lowest BCUT2D eigenvalue weighted by Gasteiger charge is -2.10. The molecule has 1 amide bonds. The number of anilines is 1. The Kier molecular flexibility index (Phi) is 4.84. The summed E-state index contributed by atoms with van der Waals surface area (Å²) in [6, 6.07) is 14.6. The quantitative estimate of drug-likeness (QED) is 0.750. The summed E-state index contributed by atoms with van der Waals surface area (Å²) in [5, 5.41) is 3.78. The highest BCUT2D eigenvalue weighted by molar-refractivity contribution is 5.94. The number of aryl methyl sites for hydroxylation is 2. The summed E-state index contributed by atoms with van der Waals surface area (Å²) in [5.74, 6) is 0.435. The van der Waals surface area contributed by atoms with Gasteiger partial charge in [0.15, 0.2) is 6.61 Å². The first-order chi connectivity index (χ1) is 12.1. The molecule has 0 radical (unpaired) electrons. The van der Waals surface area contributed by atoms with Crippen molar-refractivity contribution in [2.75, 3.05) is 11.9 Å². The maximum atomic E-state index is 12.1. The summed E-state index contributed by atoms with van der Waals surface area (Å²) >= 11 is 0. The monoisotopic (exact) mass is 336 g/mol. The molecule has 0 unspecified atom stereocenters. The molecule has 1 heterocycles. The standard InChI is InChI=1S/C20H20N2O3/c1-3-14-10-19(23)22-17-11-15(8-9-16(14)17)21-20(24)12-25-18-7-5-4-6-13(18)2/h4-11H,3,12H2,1-2H3,(H,21,24)(H,22,23). The van der Waals surface area contributed by atoms with Crippen LogP contribution in [0.4, 0.5) is 5.69 Å². The molecule has 0 spiro atoms. The Morgan fingerprint density at radius 1 is 1.16 bits per heavy atom. The number of rotatable bonds is 5. The molecule has 0 saturated heterocycles. The molecule has 0 aliphatic heterocycles. The number of carbonyl (C=O) groups excluding carboxylic acids is 1. The molecule has 25 heavy (non-hydrogen) atoms. The topological polar surface area (TPSA) is 71.2 Å². The lowest BCUT2D eigenvalue weighted by Crippen LogP contribution is -2.20. The first-order valence-electron chi connectivity index (χ1n) is 8.21. The van der Waals surface area contributed by atoms with Gasteiger partial charge in [0, 0.05) is 17.1 Å². The van der Waals surface area contributed by atoms with Gasteiger partial charge in [-0.05, 0) is 42.7 Å². The fourth-order valence-electron chi connectivity index (χ4n) is 2.76. The maximum Gasteiger partial charge on any atom is 0.262 e. The van der Waals surface area contributed by atoms with Crippen molar-refractivity contribution in [2.24, 2.45) is 0 Å². The Morgan fingerprint density at radius 3 is 2.72 bits per heavy atom. The van der Waals surface area contributed by atoms with Crippen LogP contribution in [0.3, 0.4) is 0 Å². The second kappa shape index (κ2) is 7.21. The number of pyridine rings is 1. The minimum atomic E-state index is -0.253. The lowest BCUT2D eigenvalue weighted by molar-refractivity contribution is -0.118. The average Bonchev–Trinajstić information content (AvgIpc) is 2.60. The number of aromatic amines is 1. The number of amides is 1. The summed E-state index contributed by atoms with van der Waals surface area (Å²) in [4.78, 5) is 26.6. The third-order valence-electron chi connectivity index (χ3n) is 4.05. The van der Waals surface area contributed by atoms with E-state index in [1.165, 1.54) is 0 Å². The van der Waals surface area contributed by atoms with Gasteiger partial charge in [-0.15, -0.1) is 0 Å². The number of ether oxygens (including phenoxy) is 1. The van der Waals surface area contributed by atoms with E-state index in [-0.39, 0.29) is 18.1 Å². The smallest absolute Gasteiger partial charge is 0.262 e. The number of hydrogen-bond acceptors (Lipinski definition) is 3. The van der Waals surface area contributed by atoms with Crippen molar-refractivity contribution in [3.8, 4) is 5.75 Å². The van der Waals surface area contributed by atoms with E-state index in [1.807, 2.05) is 50.2 Å². The Hall–Kier alpha value is -3.08. The Labute approximate surface area is 145 Å². The zero-order valence-corrected chi connectivity index (χ0v) is 14.3. The van der Waals surface area contributed by atoms with Crippen molar-refractivity contribution in [1.82, 2.24) is 4.98 Å². The van der Waals surface area contributed by atoms with Gasteiger partial charge in [-0.3, -0.25) is 9.59 Å². The molecule has 3 rings (SSSR count). The van der Waals surface area contributed by atoms with Gasteiger partial charge in [-0.2, -0.15) is 0 Å². The molecule has 0 aliphatic rings.